The van der Waals surface area contributed by atoms with Crippen molar-refractivity contribution in [3.05, 3.63) is 71.7 Å². The molecular weight excluding hydrogens is 339 g/mol. The zero-order valence-corrected chi connectivity index (χ0v) is 14.6. The van der Waals surface area contributed by atoms with Crippen LogP contribution in [0.3, 0.4) is 0 Å². The van der Waals surface area contributed by atoms with E-state index in [1.807, 2.05) is 36.6 Å². The SMILES string of the molecule is CSc1ccc(-c2cc(C(OC(C)=O)c3ccc(F)cc3)[nH]n2)cc1. The third-order valence-electron chi connectivity index (χ3n) is 3.72. The van der Waals surface area contributed by atoms with E-state index in [2.05, 4.69) is 10.2 Å². The molecule has 2 aromatic carbocycles. The second-order valence-corrected chi connectivity index (χ2v) is 6.36. The summed E-state index contributed by atoms with van der Waals surface area (Å²) >= 11 is 1.67. The Morgan fingerprint density at radius 3 is 2.44 bits per heavy atom. The van der Waals surface area contributed by atoms with Gasteiger partial charge in [0.05, 0.1) is 11.4 Å². The molecule has 0 aliphatic heterocycles. The summed E-state index contributed by atoms with van der Waals surface area (Å²) in [7, 11) is 0. The first-order valence-corrected chi connectivity index (χ1v) is 8.91. The van der Waals surface area contributed by atoms with Gasteiger partial charge >= 0.3 is 5.97 Å². The molecule has 1 atom stereocenters. The van der Waals surface area contributed by atoms with Crippen LogP contribution in [-0.4, -0.2) is 22.4 Å². The average Bonchev–Trinajstić information content (AvgIpc) is 3.10. The lowest BCUT2D eigenvalue weighted by Gasteiger charge is -2.15. The number of nitrogens with one attached hydrogen (secondary N) is 1. The summed E-state index contributed by atoms with van der Waals surface area (Å²) in [6.07, 6.45) is 1.36. The topological polar surface area (TPSA) is 55.0 Å². The van der Waals surface area contributed by atoms with Gasteiger partial charge in [0, 0.05) is 17.4 Å². The van der Waals surface area contributed by atoms with Crippen molar-refractivity contribution >= 4 is 17.7 Å². The number of halogens is 1. The minimum Gasteiger partial charge on any atom is -0.451 e. The summed E-state index contributed by atoms with van der Waals surface area (Å²) in [5.41, 5.74) is 3.01. The third-order valence-corrected chi connectivity index (χ3v) is 4.47. The number of carbonyl (C=O) groups excluding carboxylic acids is 1. The number of hydrogen-bond acceptors (Lipinski definition) is 4. The van der Waals surface area contributed by atoms with E-state index >= 15 is 0 Å². The average molecular weight is 356 g/mol. The Hall–Kier alpha value is -2.60. The fourth-order valence-electron chi connectivity index (χ4n) is 2.50. The van der Waals surface area contributed by atoms with Gasteiger partial charge in [-0.3, -0.25) is 9.89 Å². The van der Waals surface area contributed by atoms with Crippen LogP contribution < -0.4 is 0 Å². The van der Waals surface area contributed by atoms with Gasteiger partial charge in [0.25, 0.3) is 0 Å². The van der Waals surface area contributed by atoms with E-state index < -0.39 is 12.1 Å². The zero-order valence-electron chi connectivity index (χ0n) is 13.8. The highest BCUT2D eigenvalue weighted by molar-refractivity contribution is 7.98. The fourth-order valence-corrected chi connectivity index (χ4v) is 2.90. The highest BCUT2D eigenvalue weighted by Crippen LogP contribution is 2.29. The highest BCUT2D eigenvalue weighted by Gasteiger charge is 2.20. The van der Waals surface area contributed by atoms with Gasteiger partial charge in [-0.15, -0.1) is 11.8 Å². The molecule has 0 saturated heterocycles. The molecule has 128 valence electrons. The van der Waals surface area contributed by atoms with Gasteiger partial charge in [0.15, 0.2) is 6.10 Å². The van der Waals surface area contributed by atoms with Crippen molar-refractivity contribution in [1.82, 2.24) is 10.2 Å². The number of hydrogen-bond donors (Lipinski definition) is 1. The molecule has 0 aliphatic carbocycles. The first-order chi connectivity index (χ1) is 12.1. The Morgan fingerprint density at radius 1 is 1.16 bits per heavy atom. The van der Waals surface area contributed by atoms with Crippen LogP contribution in [0.15, 0.2) is 59.5 Å². The Bertz CT molecular complexity index is 860. The van der Waals surface area contributed by atoms with Crippen LogP contribution in [0.4, 0.5) is 4.39 Å². The van der Waals surface area contributed by atoms with E-state index in [1.54, 1.807) is 23.9 Å². The first-order valence-electron chi connectivity index (χ1n) is 7.69. The van der Waals surface area contributed by atoms with Crippen molar-refractivity contribution in [3.8, 4) is 11.3 Å². The predicted octanol–water partition coefficient (Wildman–Crippen LogP) is 4.59. The molecule has 1 N–H and O–H groups in total. The molecule has 1 aromatic heterocycles. The number of aromatic nitrogens is 2. The van der Waals surface area contributed by atoms with Gasteiger partial charge in [-0.2, -0.15) is 5.10 Å². The van der Waals surface area contributed by atoms with Crippen LogP contribution in [0, 0.1) is 5.82 Å². The molecule has 25 heavy (non-hydrogen) atoms. The van der Waals surface area contributed by atoms with Gasteiger partial charge in [0.2, 0.25) is 0 Å². The molecule has 1 heterocycles. The predicted molar refractivity (Wildman–Crippen MR) is 95.8 cm³/mol. The van der Waals surface area contributed by atoms with Crippen molar-refractivity contribution < 1.29 is 13.9 Å². The van der Waals surface area contributed by atoms with Gasteiger partial charge in [-0.1, -0.05) is 24.3 Å². The number of thioether (sulfide) groups is 1. The van der Waals surface area contributed by atoms with Crippen LogP contribution in [0.2, 0.25) is 0 Å². The van der Waals surface area contributed by atoms with Crippen molar-refractivity contribution in [2.24, 2.45) is 0 Å². The second-order valence-electron chi connectivity index (χ2n) is 5.48. The number of esters is 1. The molecule has 1 unspecified atom stereocenters. The normalized spacial score (nSPS) is 12.0. The number of aromatic amines is 1. The van der Waals surface area contributed by atoms with E-state index in [4.69, 9.17) is 4.74 Å². The quantitative estimate of drug-likeness (QED) is 0.537. The highest BCUT2D eigenvalue weighted by atomic mass is 32.2. The number of nitrogens with zero attached hydrogens (tertiary/aromatic N) is 1. The standard InChI is InChI=1S/C19H17FN2O2S/c1-12(23)24-19(14-3-7-15(20)8-4-14)18-11-17(21-22-18)13-5-9-16(25-2)10-6-13/h3-11,19H,1-2H3,(H,21,22). The second kappa shape index (κ2) is 7.53. The van der Waals surface area contributed by atoms with Gasteiger partial charge in [0.1, 0.15) is 5.82 Å². The van der Waals surface area contributed by atoms with Gasteiger partial charge in [-0.05, 0) is 42.2 Å². The maximum atomic E-state index is 13.2. The Morgan fingerprint density at radius 2 is 1.84 bits per heavy atom. The molecule has 6 heteroatoms. The smallest absolute Gasteiger partial charge is 0.303 e. The van der Waals surface area contributed by atoms with E-state index in [9.17, 15) is 9.18 Å². The Labute approximate surface area is 149 Å². The summed E-state index contributed by atoms with van der Waals surface area (Å²) in [5, 5.41) is 7.24. The van der Waals surface area contributed by atoms with Crippen LogP contribution in [0.1, 0.15) is 24.3 Å². The number of benzene rings is 2. The number of carbonyl (C=O) groups is 1. The summed E-state index contributed by atoms with van der Waals surface area (Å²) in [6, 6.07) is 15.7. The lowest BCUT2D eigenvalue weighted by molar-refractivity contribution is -0.144. The lowest BCUT2D eigenvalue weighted by atomic mass is 10.0. The summed E-state index contributed by atoms with van der Waals surface area (Å²) in [5.74, 6) is -0.765. The molecule has 0 fully saturated rings. The first kappa shape index (κ1) is 17.2. The minimum atomic E-state index is -0.662. The Kier molecular flexibility index (Phi) is 5.19. The van der Waals surface area contributed by atoms with Crippen LogP contribution in [-0.2, 0) is 9.53 Å². The number of H-pyrrole nitrogens is 1. The van der Waals surface area contributed by atoms with E-state index in [-0.39, 0.29) is 5.82 Å². The van der Waals surface area contributed by atoms with Crippen LogP contribution in [0.5, 0.6) is 0 Å². The van der Waals surface area contributed by atoms with E-state index in [0.29, 0.717) is 11.3 Å². The molecule has 3 aromatic rings. The summed E-state index contributed by atoms with van der Waals surface area (Å²) < 4.78 is 18.6. The minimum absolute atomic E-state index is 0.343. The largest absolute Gasteiger partial charge is 0.451 e. The van der Waals surface area contributed by atoms with Gasteiger partial charge < -0.3 is 4.74 Å². The van der Waals surface area contributed by atoms with Gasteiger partial charge in [-0.25, -0.2) is 4.39 Å². The van der Waals surface area contributed by atoms with Crippen molar-refractivity contribution in [2.75, 3.05) is 6.26 Å². The summed E-state index contributed by atoms with van der Waals surface area (Å²) in [4.78, 5) is 12.7. The molecule has 3 rings (SSSR count). The maximum absolute atomic E-state index is 13.2. The van der Waals surface area contributed by atoms with Crippen LogP contribution >= 0.6 is 11.8 Å². The van der Waals surface area contributed by atoms with Crippen molar-refractivity contribution in [1.29, 1.82) is 0 Å². The molecule has 0 bridgehead atoms. The number of ether oxygens (including phenoxy) is 1. The van der Waals surface area contributed by atoms with E-state index in [0.717, 1.165) is 11.3 Å². The molecular formula is C19H17FN2O2S. The zero-order chi connectivity index (χ0) is 17.8. The van der Waals surface area contributed by atoms with Crippen molar-refractivity contribution in [2.45, 2.75) is 17.9 Å². The number of rotatable bonds is 5. The van der Waals surface area contributed by atoms with Crippen LogP contribution in [0.25, 0.3) is 11.3 Å². The monoisotopic (exact) mass is 356 g/mol. The third kappa shape index (κ3) is 4.09. The fraction of sp³-hybridized carbons (Fsp3) is 0.158. The lowest BCUT2D eigenvalue weighted by Crippen LogP contribution is -2.10. The molecule has 0 aliphatic rings. The summed E-state index contributed by atoms with van der Waals surface area (Å²) in [6.45, 7) is 1.34. The van der Waals surface area contributed by atoms with Crippen molar-refractivity contribution in [3.63, 3.8) is 0 Å². The molecule has 0 spiro atoms. The Balaban J connectivity index is 1.92. The molecule has 0 amide bonds. The van der Waals surface area contributed by atoms with E-state index in [1.165, 1.54) is 24.0 Å². The molecule has 0 radical (unpaired) electrons. The molecule has 0 saturated carbocycles. The maximum Gasteiger partial charge on any atom is 0.303 e. The molecule has 4 nitrogen and oxygen atoms in total.